The second-order valence-corrected chi connectivity index (χ2v) is 2.41. The molecule has 5 nitrogen and oxygen atoms in total. The van der Waals surface area contributed by atoms with Crippen molar-refractivity contribution in [2.75, 3.05) is 10.6 Å². The van der Waals surface area contributed by atoms with Crippen LogP contribution in [0.2, 0.25) is 0 Å². The lowest BCUT2D eigenvalue weighted by Crippen LogP contribution is -2.34. The van der Waals surface area contributed by atoms with Gasteiger partial charge in [-0.05, 0) is 18.2 Å². The predicted octanol–water partition coefficient (Wildman–Crippen LogP) is 0.310. The van der Waals surface area contributed by atoms with Gasteiger partial charge in [0.15, 0.2) is 0 Å². The van der Waals surface area contributed by atoms with Crippen molar-refractivity contribution in [3.63, 3.8) is 0 Å². The minimum Gasteiger partial charge on any atom is -0.399 e. The molecule has 0 unspecified atom stereocenters. The van der Waals surface area contributed by atoms with Crippen LogP contribution in [0.3, 0.4) is 0 Å². The van der Waals surface area contributed by atoms with Gasteiger partial charge >= 0.3 is 6.03 Å². The minimum atomic E-state index is -0.833. The molecule has 4 N–H and O–H groups in total. The molecule has 0 atom stereocenters. The zero-order valence-electron chi connectivity index (χ0n) is 6.81. The summed E-state index contributed by atoms with van der Waals surface area (Å²) in [6.45, 7) is 0. The first-order chi connectivity index (χ1) is 6.15. The number of hydrogen-bond acceptors (Lipinski definition) is 3. The maximum atomic E-state index is 10.7. The Hall–Kier alpha value is -2.04. The van der Waals surface area contributed by atoms with E-state index >= 15 is 0 Å². The average Bonchev–Trinajstić information content (AvgIpc) is 2.04. The lowest BCUT2D eigenvalue weighted by molar-refractivity contribution is -0.106. The number of imide groups is 1. The topological polar surface area (TPSA) is 89.4 Å². The zero-order chi connectivity index (χ0) is 9.84. The first kappa shape index (κ1) is 9.05. The third kappa shape index (κ3) is 1.96. The molecule has 0 spiro atoms. The summed E-state index contributed by atoms with van der Waals surface area (Å²) in [5.74, 6) is 0. The number of benzene rings is 1. The molecule has 0 fully saturated rings. The molecule has 0 aromatic heterocycles. The third-order valence-corrected chi connectivity index (χ3v) is 1.49. The van der Waals surface area contributed by atoms with E-state index in [1.807, 2.05) is 0 Å². The number of urea groups is 1. The average molecular weight is 179 g/mol. The number of carbonyl (C=O) groups is 2. The number of nitrogens with zero attached hydrogens (tertiary/aromatic N) is 1. The molecular formula is C8H9N3O2. The Morgan fingerprint density at radius 3 is 2.62 bits per heavy atom. The van der Waals surface area contributed by atoms with E-state index in [0.29, 0.717) is 17.8 Å². The minimum absolute atomic E-state index is 0.344. The summed E-state index contributed by atoms with van der Waals surface area (Å²) in [6, 6.07) is 5.49. The van der Waals surface area contributed by atoms with Crippen molar-refractivity contribution < 1.29 is 9.59 Å². The van der Waals surface area contributed by atoms with Crippen LogP contribution >= 0.6 is 0 Å². The monoisotopic (exact) mass is 179 g/mol. The van der Waals surface area contributed by atoms with Gasteiger partial charge in [-0.25, -0.2) is 9.69 Å². The second-order valence-electron chi connectivity index (χ2n) is 2.41. The summed E-state index contributed by atoms with van der Waals surface area (Å²) in [5, 5.41) is 0. The van der Waals surface area contributed by atoms with Gasteiger partial charge < -0.3 is 11.5 Å². The molecule has 1 rings (SSSR count). The Kier molecular flexibility index (Phi) is 2.49. The lowest BCUT2D eigenvalue weighted by Gasteiger charge is -2.12. The molecule has 68 valence electrons. The number of primary amides is 1. The molecule has 0 bridgehead atoms. The molecule has 0 saturated carbocycles. The van der Waals surface area contributed by atoms with Crippen LogP contribution in [-0.4, -0.2) is 12.4 Å². The molecule has 0 aliphatic carbocycles. The molecule has 0 saturated heterocycles. The fraction of sp³-hybridized carbons (Fsp3) is 0. The molecule has 5 heteroatoms. The Morgan fingerprint density at radius 2 is 2.15 bits per heavy atom. The fourth-order valence-electron chi connectivity index (χ4n) is 0.915. The summed E-state index contributed by atoms with van der Waals surface area (Å²) in [7, 11) is 0. The maximum absolute atomic E-state index is 10.7. The van der Waals surface area contributed by atoms with Crippen LogP contribution in [0, 0.1) is 0 Å². The third-order valence-electron chi connectivity index (χ3n) is 1.49. The summed E-state index contributed by atoms with van der Waals surface area (Å²) in [6.07, 6.45) is 0.344. The highest BCUT2D eigenvalue weighted by atomic mass is 16.2. The van der Waals surface area contributed by atoms with Crippen LogP contribution in [0.1, 0.15) is 0 Å². The number of anilines is 2. The number of hydrogen-bond donors (Lipinski definition) is 2. The molecule has 1 aromatic rings. The Balaban J connectivity index is 3.04. The normalized spacial score (nSPS) is 9.23. The van der Waals surface area contributed by atoms with E-state index < -0.39 is 6.03 Å². The van der Waals surface area contributed by atoms with Gasteiger partial charge in [0.25, 0.3) is 0 Å². The van der Waals surface area contributed by atoms with Crippen molar-refractivity contribution in [1.29, 1.82) is 0 Å². The van der Waals surface area contributed by atoms with E-state index in [2.05, 4.69) is 0 Å². The summed E-state index contributed by atoms with van der Waals surface area (Å²) < 4.78 is 0. The van der Waals surface area contributed by atoms with Crippen LogP contribution in [0.15, 0.2) is 24.3 Å². The maximum Gasteiger partial charge on any atom is 0.325 e. The Labute approximate surface area is 74.9 Å². The van der Waals surface area contributed by atoms with E-state index in [1.165, 1.54) is 6.07 Å². The van der Waals surface area contributed by atoms with Gasteiger partial charge in [0.1, 0.15) is 0 Å². The highest BCUT2D eigenvalue weighted by molar-refractivity contribution is 6.05. The summed E-state index contributed by atoms with van der Waals surface area (Å²) in [4.78, 5) is 21.9. The molecule has 0 aliphatic heterocycles. The van der Waals surface area contributed by atoms with Crippen LogP contribution in [-0.2, 0) is 4.79 Å². The first-order valence-corrected chi connectivity index (χ1v) is 3.54. The molecule has 0 aliphatic rings. The number of nitrogen functional groups attached to an aromatic ring is 1. The Bertz CT molecular complexity index is 338. The molecule has 0 radical (unpaired) electrons. The zero-order valence-corrected chi connectivity index (χ0v) is 6.81. The van der Waals surface area contributed by atoms with Gasteiger partial charge in [-0.2, -0.15) is 0 Å². The SMILES string of the molecule is NC(=O)N(C=O)c1cccc(N)c1. The van der Waals surface area contributed by atoms with Crippen molar-refractivity contribution in [2.45, 2.75) is 0 Å². The molecule has 1 aromatic carbocycles. The van der Waals surface area contributed by atoms with Gasteiger partial charge in [-0.3, -0.25) is 4.79 Å². The molecule has 13 heavy (non-hydrogen) atoms. The van der Waals surface area contributed by atoms with E-state index in [1.54, 1.807) is 18.2 Å². The highest BCUT2D eigenvalue weighted by Crippen LogP contribution is 2.15. The van der Waals surface area contributed by atoms with E-state index in [4.69, 9.17) is 11.5 Å². The van der Waals surface area contributed by atoms with Gasteiger partial charge in [0.05, 0.1) is 5.69 Å². The van der Waals surface area contributed by atoms with Crippen molar-refractivity contribution in [3.8, 4) is 0 Å². The standard InChI is InChI=1S/C8H9N3O2/c9-6-2-1-3-7(4-6)11(5-12)8(10)13/h1-5H,9H2,(H2,10,13). The predicted molar refractivity (Wildman–Crippen MR) is 49.0 cm³/mol. The van der Waals surface area contributed by atoms with Crippen LogP contribution in [0.4, 0.5) is 16.2 Å². The fourth-order valence-corrected chi connectivity index (χ4v) is 0.915. The van der Waals surface area contributed by atoms with E-state index in [-0.39, 0.29) is 0 Å². The van der Waals surface area contributed by atoms with E-state index in [0.717, 1.165) is 4.90 Å². The molecule has 0 heterocycles. The first-order valence-electron chi connectivity index (χ1n) is 3.54. The van der Waals surface area contributed by atoms with Crippen LogP contribution in [0.25, 0.3) is 0 Å². The highest BCUT2D eigenvalue weighted by Gasteiger charge is 2.10. The largest absolute Gasteiger partial charge is 0.399 e. The number of amides is 3. The van der Waals surface area contributed by atoms with E-state index in [9.17, 15) is 9.59 Å². The van der Waals surface area contributed by atoms with Crippen molar-refractivity contribution in [3.05, 3.63) is 24.3 Å². The van der Waals surface area contributed by atoms with Crippen molar-refractivity contribution >= 4 is 23.8 Å². The summed E-state index contributed by atoms with van der Waals surface area (Å²) in [5.41, 5.74) is 11.2. The van der Waals surface area contributed by atoms with Gasteiger partial charge in [-0.1, -0.05) is 6.07 Å². The number of rotatable bonds is 2. The smallest absolute Gasteiger partial charge is 0.325 e. The second kappa shape index (κ2) is 3.57. The van der Waals surface area contributed by atoms with Gasteiger partial charge in [0.2, 0.25) is 6.41 Å². The summed E-state index contributed by atoms with van der Waals surface area (Å²) >= 11 is 0. The van der Waals surface area contributed by atoms with Gasteiger partial charge in [-0.15, -0.1) is 0 Å². The quantitative estimate of drug-likeness (QED) is 0.505. The van der Waals surface area contributed by atoms with Crippen LogP contribution < -0.4 is 16.4 Å². The van der Waals surface area contributed by atoms with Gasteiger partial charge in [0, 0.05) is 5.69 Å². The van der Waals surface area contributed by atoms with Crippen molar-refractivity contribution in [2.24, 2.45) is 5.73 Å². The number of carbonyl (C=O) groups excluding carboxylic acids is 2. The Morgan fingerprint density at radius 1 is 1.46 bits per heavy atom. The number of nitrogens with two attached hydrogens (primary N) is 2. The lowest BCUT2D eigenvalue weighted by atomic mass is 10.3. The molecule has 3 amide bonds. The molecular weight excluding hydrogens is 170 g/mol. The van der Waals surface area contributed by atoms with Crippen molar-refractivity contribution in [1.82, 2.24) is 0 Å². The van der Waals surface area contributed by atoms with Crippen LogP contribution in [0.5, 0.6) is 0 Å².